The molecule has 7 nitrogen and oxygen atoms in total. The average molecular weight is 526 g/mol. The summed E-state index contributed by atoms with van der Waals surface area (Å²) in [5, 5.41) is 3.90. The summed E-state index contributed by atoms with van der Waals surface area (Å²) in [4.78, 5) is 27.0. The predicted molar refractivity (Wildman–Crippen MR) is 141 cm³/mol. The van der Waals surface area contributed by atoms with E-state index >= 15 is 0 Å². The number of carbonyl (C=O) groups excluding carboxylic acids is 2. The van der Waals surface area contributed by atoms with E-state index in [-0.39, 0.29) is 18.3 Å². The monoisotopic (exact) mass is 525 g/mol. The van der Waals surface area contributed by atoms with Crippen molar-refractivity contribution in [3.63, 3.8) is 0 Å². The van der Waals surface area contributed by atoms with Crippen LogP contribution in [0.15, 0.2) is 65.0 Å². The quantitative estimate of drug-likeness (QED) is 0.351. The van der Waals surface area contributed by atoms with Gasteiger partial charge < -0.3 is 24.3 Å². The molecule has 0 bridgehead atoms. The van der Waals surface area contributed by atoms with Gasteiger partial charge in [0, 0.05) is 40.9 Å². The van der Waals surface area contributed by atoms with Gasteiger partial charge in [-0.25, -0.2) is 4.79 Å². The van der Waals surface area contributed by atoms with Crippen LogP contribution in [0.3, 0.4) is 0 Å². The SMILES string of the molecule is CCOCCOC(=O)C1=C(C)NC2=C(C(=O)C[C@H](c3ccc(OC)c(OC)c3)C2)[C@H]1c1cccc(Cl)c1. The van der Waals surface area contributed by atoms with Gasteiger partial charge in [-0.3, -0.25) is 4.79 Å². The molecule has 1 N–H and O–H groups in total. The molecule has 0 unspecified atom stereocenters. The lowest BCUT2D eigenvalue weighted by atomic mass is 9.71. The van der Waals surface area contributed by atoms with E-state index < -0.39 is 11.9 Å². The summed E-state index contributed by atoms with van der Waals surface area (Å²) < 4.78 is 21.7. The molecule has 0 saturated carbocycles. The molecule has 0 aromatic heterocycles. The first-order valence-electron chi connectivity index (χ1n) is 12.3. The highest BCUT2D eigenvalue weighted by molar-refractivity contribution is 6.30. The summed E-state index contributed by atoms with van der Waals surface area (Å²) in [5.41, 5.74) is 4.23. The third-order valence-corrected chi connectivity index (χ3v) is 7.01. The van der Waals surface area contributed by atoms with Crippen LogP contribution < -0.4 is 14.8 Å². The number of carbonyl (C=O) groups is 2. The number of ketones is 1. The van der Waals surface area contributed by atoms with E-state index in [4.69, 9.17) is 30.5 Å². The summed E-state index contributed by atoms with van der Waals surface area (Å²) in [5.74, 6) is 0.131. The van der Waals surface area contributed by atoms with E-state index in [9.17, 15) is 9.59 Å². The van der Waals surface area contributed by atoms with Gasteiger partial charge in [-0.15, -0.1) is 0 Å². The van der Waals surface area contributed by atoms with Crippen molar-refractivity contribution in [2.45, 2.75) is 38.5 Å². The van der Waals surface area contributed by atoms with Crippen LogP contribution >= 0.6 is 11.6 Å². The van der Waals surface area contributed by atoms with Gasteiger partial charge in [0.15, 0.2) is 17.3 Å². The summed E-state index contributed by atoms with van der Waals surface area (Å²) >= 11 is 6.33. The van der Waals surface area contributed by atoms with Gasteiger partial charge in [0.1, 0.15) is 6.61 Å². The number of dihydropyridines is 1. The van der Waals surface area contributed by atoms with Crippen LogP contribution in [-0.4, -0.2) is 45.8 Å². The maximum Gasteiger partial charge on any atom is 0.336 e. The number of hydrogen-bond acceptors (Lipinski definition) is 7. The second kappa shape index (κ2) is 11.8. The number of benzene rings is 2. The number of ether oxygens (including phenoxy) is 4. The van der Waals surface area contributed by atoms with Crippen molar-refractivity contribution >= 4 is 23.4 Å². The molecule has 2 aromatic rings. The summed E-state index contributed by atoms with van der Waals surface area (Å²) in [6.07, 6.45) is 0.913. The normalized spacial score (nSPS) is 19.3. The maximum absolute atomic E-state index is 13.8. The van der Waals surface area contributed by atoms with E-state index in [1.54, 1.807) is 26.4 Å². The van der Waals surface area contributed by atoms with Crippen LogP contribution in [-0.2, 0) is 19.1 Å². The van der Waals surface area contributed by atoms with Crippen LogP contribution in [0.1, 0.15) is 49.7 Å². The first-order valence-corrected chi connectivity index (χ1v) is 12.7. The molecule has 2 aromatic carbocycles. The van der Waals surface area contributed by atoms with Crippen LogP contribution in [0.2, 0.25) is 5.02 Å². The van der Waals surface area contributed by atoms with E-state index in [0.29, 0.717) is 59.4 Å². The maximum atomic E-state index is 13.8. The smallest absolute Gasteiger partial charge is 0.336 e. The Hall–Kier alpha value is -3.29. The Morgan fingerprint density at radius 1 is 1.03 bits per heavy atom. The Kier molecular flexibility index (Phi) is 8.56. The van der Waals surface area contributed by atoms with Gasteiger partial charge in [-0.2, -0.15) is 0 Å². The zero-order chi connectivity index (χ0) is 26.5. The number of methoxy groups -OCH3 is 2. The number of rotatable bonds is 9. The van der Waals surface area contributed by atoms with Gasteiger partial charge in [-0.05, 0) is 61.6 Å². The molecule has 2 aliphatic rings. The number of Topliss-reactive ketones (excluding diaryl/α,β-unsaturated/α-hetero) is 1. The first-order chi connectivity index (χ1) is 17.9. The van der Waals surface area contributed by atoms with Gasteiger partial charge in [0.05, 0.1) is 26.4 Å². The van der Waals surface area contributed by atoms with Gasteiger partial charge in [0.2, 0.25) is 0 Å². The molecule has 1 aliphatic heterocycles. The highest BCUT2D eigenvalue weighted by Gasteiger charge is 2.41. The Labute approximate surface area is 222 Å². The van der Waals surface area contributed by atoms with E-state index in [2.05, 4.69) is 5.32 Å². The summed E-state index contributed by atoms with van der Waals surface area (Å²) in [7, 11) is 3.19. The van der Waals surface area contributed by atoms with Crippen molar-refractivity contribution in [2.75, 3.05) is 34.0 Å². The van der Waals surface area contributed by atoms with E-state index in [1.165, 1.54) is 0 Å². The zero-order valence-corrected chi connectivity index (χ0v) is 22.3. The standard InChI is InChI=1S/C29H32ClNO6/c1-5-36-11-12-37-29(33)26-17(2)31-22-14-20(18-9-10-24(34-3)25(16-18)35-4)15-23(32)28(22)27(26)19-7-6-8-21(30)13-19/h6-10,13,16,20,27,31H,5,11-12,14-15H2,1-4H3/t20-,27+/m1/s1. The molecular weight excluding hydrogens is 494 g/mol. The van der Waals surface area contributed by atoms with Crippen LogP contribution in [0, 0.1) is 0 Å². The van der Waals surface area contributed by atoms with Crippen LogP contribution in [0.5, 0.6) is 11.5 Å². The molecule has 0 saturated heterocycles. The molecule has 1 aliphatic carbocycles. The lowest BCUT2D eigenvalue weighted by Crippen LogP contribution is -2.36. The van der Waals surface area contributed by atoms with E-state index in [1.807, 2.05) is 44.2 Å². The topological polar surface area (TPSA) is 83.1 Å². The number of hydrogen-bond donors (Lipinski definition) is 1. The van der Waals surface area contributed by atoms with Crippen molar-refractivity contribution in [1.29, 1.82) is 0 Å². The fourth-order valence-corrected chi connectivity index (χ4v) is 5.29. The molecule has 1 heterocycles. The van der Waals surface area contributed by atoms with Crippen LogP contribution in [0.25, 0.3) is 0 Å². The minimum absolute atomic E-state index is 0.0226. The largest absolute Gasteiger partial charge is 0.493 e. The fraction of sp³-hybridized carbons (Fsp3) is 0.379. The molecule has 0 amide bonds. The fourth-order valence-electron chi connectivity index (χ4n) is 5.09. The Morgan fingerprint density at radius 2 is 1.81 bits per heavy atom. The third kappa shape index (κ3) is 5.68. The lowest BCUT2D eigenvalue weighted by Gasteiger charge is -2.36. The first kappa shape index (κ1) is 26.8. The Balaban J connectivity index is 1.71. The van der Waals surface area contributed by atoms with Crippen molar-refractivity contribution in [1.82, 2.24) is 5.32 Å². The highest BCUT2D eigenvalue weighted by atomic mass is 35.5. The minimum Gasteiger partial charge on any atom is -0.493 e. The summed E-state index contributed by atoms with van der Waals surface area (Å²) in [6, 6.07) is 13.0. The van der Waals surface area contributed by atoms with Crippen molar-refractivity contribution in [3.8, 4) is 11.5 Å². The molecule has 4 rings (SSSR count). The van der Waals surface area contributed by atoms with Crippen LogP contribution in [0.4, 0.5) is 0 Å². The lowest BCUT2D eigenvalue weighted by molar-refractivity contribution is -0.140. The average Bonchev–Trinajstić information content (AvgIpc) is 2.89. The van der Waals surface area contributed by atoms with Crippen molar-refractivity contribution < 1.29 is 28.5 Å². The van der Waals surface area contributed by atoms with Gasteiger partial charge >= 0.3 is 5.97 Å². The molecule has 2 atom stereocenters. The number of allylic oxidation sites excluding steroid dienone is 3. The molecular formula is C29H32ClNO6. The van der Waals surface area contributed by atoms with Crippen molar-refractivity contribution in [3.05, 3.63) is 81.2 Å². The second-order valence-electron chi connectivity index (χ2n) is 9.02. The van der Waals surface area contributed by atoms with Gasteiger partial charge in [-0.1, -0.05) is 29.8 Å². The molecule has 196 valence electrons. The summed E-state index contributed by atoms with van der Waals surface area (Å²) in [6.45, 7) is 4.70. The number of nitrogens with one attached hydrogen (secondary N) is 1. The number of halogens is 1. The molecule has 0 spiro atoms. The second-order valence-corrected chi connectivity index (χ2v) is 9.46. The zero-order valence-electron chi connectivity index (χ0n) is 21.6. The van der Waals surface area contributed by atoms with Gasteiger partial charge in [0.25, 0.3) is 0 Å². The molecule has 8 heteroatoms. The van der Waals surface area contributed by atoms with Crippen molar-refractivity contribution in [2.24, 2.45) is 0 Å². The Bertz CT molecular complexity index is 1250. The molecule has 37 heavy (non-hydrogen) atoms. The minimum atomic E-state index is -0.576. The number of esters is 1. The molecule has 0 fully saturated rings. The predicted octanol–water partition coefficient (Wildman–Crippen LogP) is 5.30. The third-order valence-electron chi connectivity index (χ3n) is 6.77. The molecule has 0 radical (unpaired) electrons. The van der Waals surface area contributed by atoms with E-state index in [0.717, 1.165) is 16.8 Å². The Morgan fingerprint density at radius 3 is 2.51 bits per heavy atom. The highest BCUT2D eigenvalue weighted by Crippen LogP contribution is 2.46.